The van der Waals surface area contributed by atoms with E-state index in [4.69, 9.17) is 0 Å². The highest BCUT2D eigenvalue weighted by Gasteiger charge is 2.21. The van der Waals surface area contributed by atoms with Gasteiger partial charge in [0.05, 0.1) is 11.9 Å². The average molecular weight is 295 g/mol. The topological polar surface area (TPSA) is 16.8 Å². The Morgan fingerprint density at radius 3 is 2.43 bits per heavy atom. The summed E-state index contributed by atoms with van der Waals surface area (Å²) in [5.41, 5.74) is 7.43. The molecule has 21 heavy (non-hydrogen) atoms. The maximum atomic E-state index is 4.67. The molecule has 3 heteroatoms. The second-order valence-corrected chi connectivity index (χ2v) is 6.34. The van der Waals surface area contributed by atoms with Gasteiger partial charge in [-0.3, -0.25) is 0 Å². The molecule has 0 bridgehead atoms. The van der Waals surface area contributed by atoms with Gasteiger partial charge in [-0.1, -0.05) is 24.3 Å². The molecule has 3 aromatic rings. The van der Waals surface area contributed by atoms with Crippen LogP contribution in [0.3, 0.4) is 0 Å². The molecule has 0 fully saturated rings. The summed E-state index contributed by atoms with van der Waals surface area (Å²) in [5, 5.41) is 2.13. The maximum Gasteiger partial charge on any atom is 0.287 e. The van der Waals surface area contributed by atoms with Crippen molar-refractivity contribution >= 4 is 11.3 Å². The first kappa shape index (κ1) is 14.0. The Labute approximate surface area is 129 Å². The lowest BCUT2D eigenvalue weighted by Crippen LogP contribution is -2.33. The van der Waals surface area contributed by atoms with E-state index in [1.165, 1.54) is 32.8 Å². The smallest absolute Gasteiger partial charge is 0.232 e. The zero-order chi connectivity index (χ0) is 15.0. The first-order chi connectivity index (χ1) is 10.1. The zero-order valence-electron chi connectivity index (χ0n) is 12.8. The Balaban J connectivity index is 2.28. The number of thiophene rings is 1. The van der Waals surface area contributed by atoms with Gasteiger partial charge in [0.2, 0.25) is 0 Å². The van der Waals surface area contributed by atoms with Crippen molar-refractivity contribution in [1.82, 2.24) is 4.98 Å². The molecule has 0 amide bonds. The van der Waals surface area contributed by atoms with E-state index in [-0.39, 0.29) is 0 Å². The molecule has 1 aromatic carbocycles. The monoisotopic (exact) mass is 295 g/mol. The van der Waals surface area contributed by atoms with Gasteiger partial charge < -0.3 is 0 Å². The summed E-state index contributed by atoms with van der Waals surface area (Å²) in [5.74, 6) is 0. The molecule has 0 atom stereocenters. The van der Waals surface area contributed by atoms with Crippen LogP contribution in [-0.2, 0) is 7.05 Å². The molecule has 2 heterocycles. The van der Waals surface area contributed by atoms with Crippen LogP contribution < -0.4 is 4.57 Å². The minimum absolute atomic E-state index is 1.10. The summed E-state index contributed by atoms with van der Waals surface area (Å²) >= 11 is 1.76. The molecular weight excluding hydrogens is 276 g/mol. The molecule has 0 aliphatic carbocycles. The fourth-order valence-corrected chi connectivity index (χ4v) is 3.73. The van der Waals surface area contributed by atoms with E-state index in [1.54, 1.807) is 11.3 Å². The van der Waals surface area contributed by atoms with Gasteiger partial charge in [-0.2, -0.15) is 0 Å². The van der Waals surface area contributed by atoms with Crippen LogP contribution >= 0.6 is 11.3 Å². The van der Waals surface area contributed by atoms with Crippen molar-refractivity contribution in [2.75, 3.05) is 0 Å². The molecule has 0 saturated carbocycles. The predicted octanol–water partition coefficient (Wildman–Crippen LogP) is 4.23. The van der Waals surface area contributed by atoms with Gasteiger partial charge in [-0.05, 0) is 48.3 Å². The second kappa shape index (κ2) is 5.41. The van der Waals surface area contributed by atoms with E-state index in [1.807, 2.05) is 6.33 Å². The summed E-state index contributed by atoms with van der Waals surface area (Å²) < 4.78 is 2.12. The highest BCUT2D eigenvalue weighted by molar-refractivity contribution is 7.13. The van der Waals surface area contributed by atoms with E-state index in [0.29, 0.717) is 0 Å². The van der Waals surface area contributed by atoms with Crippen LogP contribution in [0.1, 0.15) is 16.7 Å². The lowest BCUT2D eigenvalue weighted by atomic mass is 9.99. The normalized spacial score (nSPS) is 10.9. The Kier molecular flexibility index (Phi) is 3.60. The maximum absolute atomic E-state index is 4.67. The molecule has 0 spiro atoms. The molecule has 106 valence electrons. The zero-order valence-corrected chi connectivity index (χ0v) is 13.7. The van der Waals surface area contributed by atoms with Crippen molar-refractivity contribution in [2.24, 2.45) is 7.05 Å². The number of aromatic nitrogens is 2. The Morgan fingerprint density at radius 1 is 1.00 bits per heavy atom. The Bertz CT molecular complexity index is 803. The van der Waals surface area contributed by atoms with Crippen LogP contribution in [-0.4, -0.2) is 4.98 Å². The summed E-state index contributed by atoms with van der Waals surface area (Å²) in [6, 6.07) is 10.7. The fraction of sp³-hybridized carbons (Fsp3) is 0.222. The van der Waals surface area contributed by atoms with Gasteiger partial charge in [0, 0.05) is 11.1 Å². The minimum atomic E-state index is 1.10. The van der Waals surface area contributed by atoms with Crippen molar-refractivity contribution in [1.29, 1.82) is 0 Å². The molecule has 0 radical (unpaired) electrons. The molecular formula is C18H19N2S+. The molecule has 0 N–H and O–H groups in total. The highest BCUT2D eigenvalue weighted by atomic mass is 32.1. The van der Waals surface area contributed by atoms with Crippen molar-refractivity contribution in [2.45, 2.75) is 20.8 Å². The summed E-state index contributed by atoms with van der Waals surface area (Å²) in [7, 11) is 2.06. The van der Waals surface area contributed by atoms with E-state index >= 15 is 0 Å². The van der Waals surface area contributed by atoms with Crippen molar-refractivity contribution in [3.63, 3.8) is 0 Å². The van der Waals surface area contributed by atoms with Crippen LogP contribution in [0.5, 0.6) is 0 Å². The number of hydrogen-bond donors (Lipinski definition) is 0. The highest BCUT2D eigenvalue weighted by Crippen LogP contribution is 2.33. The number of benzene rings is 1. The summed E-state index contributed by atoms with van der Waals surface area (Å²) in [4.78, 5) is 5.94. The van der Waals surface area contributed by atoms with Crippen LogP contribution in [0.15, 0.2) is 42.0 Å². The standard InChI is InChI=1S/C18H19N2S/c1-12-7-5-6-8-15(12)17-14(3)16(19-11-20(17)4)18-13(2)9-10-21-18/h5-11H,1-4H3/q+1. The van der Waals surface area contributed by atoms with Crippen LogP contribution in [0, 0.1) is 20.8 Å². The van der Waals surface area contributed by atoms with Crippen LogP contribution in [0.2, 0.25) is 0 Å². The predicted molar refractivity (Wildman–Crippen MR) is 88.4 cm³/mol. The van der Waals surface area contributed by atoms with Crippen molar-refractivity contribution < 1.29 is 4.57 Å². The SMILES string of the molecule is Cc1ccccc1-c1c(C)c(-c2sccc2C)nc[n+]1C. The van der Waals surface area contributed by atoms with Gasteiger partial charge >= 0.3 is 0 Å². The fourth-order valence-electron chi connectivity index (χ4n) is 2.75. The molecule has 2 aromatic heterocycles. The Hall–Kier alpha value is -2.00. The number of aryl methyl sites for hydroxylation is 3. The van der Waals surface area contributed by atoms with Gasteiger partial charge in [-0.15, -0.1) is 11.3 Å². The number of nitrogens with zero attached hydrogens (tertiary/aromatic N) is 2. The quantitative estimate of drug-likeness (QED) is 0.647. The molecule has 0 aliphatic rings. The third kappa shape index (κ3) is 2.38. The minimum Gasteiger partial charge on any atom is -0.232 e. The molecule has 3 rings (SSSR count). The van der Waals surface area contributed by atoms with Gasteiger partial charge in [0.25, 0.3) is 6.33 Å². The lowest BCUT2D eigenvalue weighted by Gasteiger charge is -2.10. The average Bonchev–Trinajstić information content (AvgIpc) is 2.87. The number of hydrogen-bond acceptors (Lipinski definition) is 2. The van der Waals surface area contributed by atoms with Gasteiger partial charge in [0.1, 0.15) is 5.69 Å². The molecule has 0 saturated heterocycles. The van der Waals surface area contributed by atoms with Crippen LogP contribution in [0.25, 0.3) is 21.8 Å². The van der Waals surface area contributed by atoms with E-state index in [2.05, 4.69) is 73.1 Å². The first-order valence-electron chi connectivity index (χ1n) is 7.05. The van der Waals surface area contributed by atoms with E-state index in [9.17, 15) is 0 Å². The largest absolute Gasteiger partial charge is 0.287 e. The number of rotatable bonds is 2. The molecule has 2 nitrogen and oxygen atoms in total. The van der Waals surface area contributed by atoms with Crippen LogP contribution in [0.4, 0.5) is 0 Å². The summed E-state index contributed by atoms with van der Waals surface area (Å²) in [6.07, 6.45) is 1.92. The second-order valence-electron chi connectivity index (χ2n) is 5.43. The third-order valence-electron chi connectivity index (χ3n) is 3.90. The first-order valence-corrected chi connectivity index (χ1v) is 7.93. The van der Waals surface area contributed by atoms with Crippen molar-refractivity contribution in [3.05, 3.63) is 58.7 Å². The summed E-state index contributed by atoms with van der Waals surface area (Å²) in [6.45, 7) is 6.47. The van der Waals surface area contributed by atoms with E-state index in [0.717, 1.165) is 5.69 Å². The lowest BCUT2D eigenvalue weighted by molar-refractivity contribution is -0.663. The van der Waals surface area contributed by atoms with E-state index < -0.39 is 0 Å². The van der Waals surface area contributed by atoms with Crippen molar-refractivity contribution in [3.8, 4) is 21.8 Å². The van der Waals surface area contributed by atoms with Gasteiger partial charge in [-0.25, -0.2) is 4.57 Å². The molecule has 0 unspecified atom stereocenters. The van der Waals surface area contributed by atoms with Gasteiger partial charge in [0.15, 0.2) is 5.69 Å². The Morgan fingerprint density at radius 2 is 1.76 bits per heavy atom. The third-order valence-corrected chi connectivity index (χ3v) is 4.92. The molecule has 0 aliphatic heterocycles.